The summed E-state index contributed by atoms with van der Waals surface area (Å²) in [6.07, 6.45) is 7.05. The van der Waals surface area contributed by atoms with E-state index < -0.39 is 0 Å². The first-order valence-electron chi connectivity index (χ1n) is 14.4. The summed E-state index contributed by atoms with van der Waals surface area (Å²) < 4.78 is 13.0. The number of hydrogen-bond donors (Lipinski definition) is 1. The minimum absolute atomic E-state index is 0.00491. The van der Waals surface area contributed by atoms with E-state index in [1.807, 2.05) is 54.4 Å². The van der Waals surface area contributed by atoms with Gasteiger partial charge >= 0.3 is 0 Å². The van der Waals surface area contributed by atoms with Gasteiger partial charge in [-0.2, -0.15) is 5.10 Å². The van der Waals surface area contributed by atoms with Crippen molar-refractivity contribution in [1.29, 1.82) is 0 Å². The lowest BCUT2D eigenvalue weighted by molar-refractivity contribution is -0.122. The van der Waals surface area contributed by atoms with Gasteiger partial charge in [0.1, 0.15) is 11.5 Å². The number of aryl methyl sites for hydroxylation is 2. The average molecular weight is 545 g/mol. The SMILES string of the molecule is COc1ccc(-c2cc(C(=O)N3CCC4(CCCCc5ccccc5OCCCC(=O)NC4)CC3)nn2C)cc1. The van der Waals surface area contributed by atoms with E-state index >= 15 is 0 Å². The van der Waals surface area contributed by atoms with Crippen molar-refractivity contribution in [3.05, 3.63) is 65.9 Å². The maximum atomic E-state index is 13.5. The highest BCUT2D eigenvalue weighted by molar-refractivity contribution is 5.93. The molecule has 212 valence electrons. The summed E-state index contributed by atoms with van der Waals surface area (Å²) in [5.74, 6) is 1.77. The number of amides is 2. The molecule has 40 heavy (non-hydrogen) atoms. The van der Waals surface area contributed by atoms with Crippen LogP contribution >= 0.6 is 0 Å². The lowest BCUT2D eigenvalue weighted by atomic mass is 9.74. The predicted octanol–water partition coefficient (Wildman–Crippen LogP) is 5.02. The van der Waals surface area contributed by atoms with Crippen molar-refractivity contribution in [2.75, 3.05) is 33.4 Å². The number of benzene rings is 2. The highest BCUT2D eigenvalue weighted by atomic mass is 16.5. The second-order valence-corrected chi connectivity index (χ2v) is 11.1. The first-order chi connectivity index (χ1) is 19.5. The number of aromatic nitrogens is 2. The van der Waals surface area contributed by atoms with Gasteiger partial charge in [0.05, 0.1) is 19.4 Å². The molecule has 2 amide bonds. The Morgan fingerprint density at radius 2 is 1.77 bits per heavy atom. The fourth-order valence-electron chi connectivity index (χ4n) is 5.92. The Morgan fingerprint density at radius 3 is 2.55 bits per heavy atom. The van der Waals surface area contributed by atoms with Crippen LogP contribution in [0.2, 0.25) is 0 Å². The van der Waals surface area contributed by atoms with Crippen molar-refractivity contribution >= 4 is 11.8 Å². The van der Waals surface area contributed by atoms with E-state index in [0.29, 0.717) is 44.8 Å². The van der Waals surface area contributed by atoms with Crippen LogP contribution in [-0.2, 0) is 18.3 Å². The zero-order valence-corrected chi connectivity index (χ0v) is 23.7. The van der Waals surface area contributed by atoms with Crippen LogP contribution in [-0.4, -0.2) is 59.8 Å². The second kappa shape index (κ2) is 12.6. The molecule has 3 aromatic rings. The van der Waals surface area contributed by atoms with Crippen molar-refractivity contribution in [2.45, 2.75) is 51.4 Å². The van der Waals surface area contributed by atoms with Crippen LogP contribution in [0.15, 0.2) is 54.6 Å². The molecule has 0 radical (unpaired) electrons. The van der Waals surface area contributed by atoms with Gasteiger partial charge in [-0.15, -0.1) is 0 Å². The van der Waals surface area contributed by atoms with Crippen LogP contribution in [0.4, 0.5) is 0 Å². The lowest BCUT2D eigenvalue weighted by Gasteiger charge is -2.42. The van der Waals surface area contributed by atoms with Crippen LogP contribution in [0, 0.1) is 5.41 Å². The maximum Gasteiger partial charge on any atom is 0.274 e. The molecule has 0 atom stereocenters. The number of piperidine rings is 1. The van der Waals surface area contributed by atoms with Crippen molar-refractivity contribution in [3.63, 3.8) is 0 Å². The molecule has 3 heterocycles. The molecular formula is C32H40N4O4. The first-order valence-corrected chi connectivity index (χ1v) is 14.4. The third kappa shape index (κ3) is 6.49. The predicted molar refractivity (Wildman–Crippen MR) is 155 cm³/mol. The molecule has 2 aromatic carbocycles. The summed E-state index contributed by atoms with van der Waals surface area (Å²) in [6, 6.07) is 17.9. The number of methoxy groups -OCH3 is 1. The number of carbonyl (C=O) groups is 2. The number of para-hydroxylation sites is 1. The molecule has 0 saturated carbocycles. The lowest BCUT2D eigenvalue weighted by Crippen LogP contribution is -2.48. The first kappa shape index (κ1) is 27.7. The van der Waals surface area contributed by atoms with Gasteiger partial charge in [0.15, 0.2) is 5.69 Å². The largest absolute Gasteiger partial charge is 0.497 e. The fourth-order valence-corrected chi connectivity index (χ4v) is 5.92. The molecular weight excluding hydrogens is 504 g/mol. The Labute approximate surface area is 236 Å². The standard InChI is InChI=1S/C32H40N4O4/c1-35-28(24-12-14-26(39-2)15-13-24)22-27(34-35)31(38)36-19-17-32(18-20-36)16-6-5-9-25-8-3-4-10-29(25)40-21-7-11-30(37)33-23-32/h3-4,8,10,12-15,22H,5-7,9,11,16-21,23H2,1-2H3,(H,33,37). The Hall–Kier alpha value is -3.81. The van der Waals surface area contributed by atoms with Crippen LogP contribution in [0.1, 0.15) is 61.0 Å². The molecule has 8 heteroatoms. The summed E-state index contributed by atoms with van der Waals surface area (Å²) in [5, 5.41) is 7.76. The number of nitrogens with zero attached hydrogens (tertiary/aromatic N) is 3. The number of carbonyl (C=O) groups excluding carboxylic acids is 2. The van der Waals surface area contributed by atoms with E-state index in [2.05, 4.69) is 22.5 Å². The Morgan fingerprint density at radius 1 is 1.00 bits per heavy atom. The van der Waals surface area contributed by atoms with Gasteiger partial charge in [-0.1, -0.05) is 24.6 Å². The minimum atomic E-state index is -0.0354. The molecule has 0 aliphatic carbocycles. The zero-order chi connectivity index (χ0) is 28.0. The van der Waals surface area contributed by atoms with E-state index in [0.717, 1.165) is 61.3 Å². The van der Waals surface area contributed by atoms with Gasteiger partial charge in [0, 0.05) is 38.7 Å². The molecule has 2 aliphatic heterocycles. The number of ether oxygens (including phenoxy) is 2. The number of rotatable bonds is 3. The topological polar surface area (TPSA) is 85.7 Å². The quantitative estimate of drug-likeness (QED) is 0.501. The number of nitrogens with one attached hydrogen (secondary N) is 1. The number of fused-ring (bicyclic) bond motifs is 1. The Bertz CT molecular complexity index is 1310. The van der Waals surface area contributed by atoms with Crippen molar-refractivity contribution < 1.29 is 19.1 Å². The summed E-state index contributed by atoms with van der Waals surface area (Å²) in [5.41, 5.74) is 3.58. The van der Waals surface area contributed by atoms with Crippen LogP contribution in [0.5, 0.6) is 11.5 Å². The summed E-state index contributed by atoms with van der Waals surface area (Å²) in [7, 11) is 3.51. The van der Waals surface area contributed by atoms with Gasteiger partial charge < -0.3 is 19.7 Å². The van der Waals surface area contributed by atoms with Crippen LogP contribution < -0.4 is 14.8 Å². The van der Waals surface area contributed by atoms with Gasteiger partial charge in [0.25, 0.3) is 5.91 Å². The molecule has 2 aliphatic rings. The van der Waals surface area contributed by atoms with E-state index in [1.54, 1.807) is 11.8 Å². The highest BCUT2D eigenvalue weighted by Gasteiger charge is 2.36. The minimum Gasteiger partial charge on any atom is -0.497 e. The van der Waals surface area contributed by atoms with Crippen molar-refractivity contribution in [1.82, 2.24) is 20.0 Å². The highest BCUT2D eigenvalue weighted by Crippen LogP contribution is 2.37. The maximum absolute atomic E-state index is 13.5. The smallest absolute Gasteiger partial charge is 0.274 e. The van der Waals surface area contributed by atoms with E-state index in [4.69, 9.17) is 9.47 Å². The molecule has 1 N–H and O–H groups in total. The normalized spacial score (nSPS) is 18.2. The van der Waals surface area contributed by atoms with Crippen LogP contribution in [0.25, 0.3) is 11.3 Å². The second-order valence-electron chi connectivity index (χ2n) is 11.1. The number of hydrogen-bond acceptors (Lipinski definition) is 5. The molecule has 0 bridgehead atoms. The van der Waals surface area contributed by atoms with E-state index in [9.17, 15) is 9.59 Å². The van der Waals surface area contributed by atoms with E-state index in [1.165, 1.54) is 5.56 Å². The Kier molecular flexibility index (Phi) is 8.72. The Balaban J connectivity index is 1.23. The summed E-state index contributed by atoms with van der Waals surface area (Å²) in [4.78, 5) is 28.0. The van der Waals surface area contributed by atoms with Gasteiger partial charge in [0.2, 0.25) is 5.91 Å². The molecule has 1 saturated heterocycles. The van der Waals surface area contributed by atoms with Crippen LogP contribution in [0.3, 0.4) is 0 Å². The summed E-state index contributed by atoms with van der Waals surface area (Å²) in [6.45, 7) is 2.54. The average Bonchev–Trinajstić information content (AvgIpc) is 3.38. The summed E-state index contributed by atoms with van der Waals surface area (Å²) >= 11 is 0. The molecule has 1 fully saturated rings. The molecule has 1 aromatic heterocycles. The third-order valence-corrected chi connectivity index (χ3v) is 8.44. The molecule has 1 spiro atoms. The zero-order valence-electron chi connectivity index (χ0n) is 23.7. The van der Waals surface area contributed by atoms with Gasteiger partial charge in [-0.05, 0) is 85.9 Å². The van der Waals surface area contributed by atoms with Crippen molar-refractivity contribution in [3.8, 4) is 22.8 Å². The molecule has 0 unspecified atom stereocenters. The monoisotopic (exact) mass is 544 g/mol. The molecule has 8 nitrogen and oxygen atoms in total. The fraction of sp³-hybridized carbons (Fsp3) is 0.469. The van der Waals surface area contributed by atoms with Gasteiger partial charge in [-0.3, -0.25) is 14.3 Å². The van der Waals surface area contributed by atoms with Gasteiger partial charge in [-0.25, -0.2) is 0 Å². The molecule has 5 rings (SSSR count). The van der Waals surface area contributed by atoms with E-state index in [-0.39, 0.29) is 17.2 Å². The number of likely N-dealkylation sites (tertiary alicyclic amines) is 1. The third-order valence-electron chi connectivity index (χ3n) is 8.44. The van der Waals surface area contributed by atoms with Crippen molar-refractivity contribution in [2.24, 2.45) is 12.5 Å².